The van der Waals surface area contributed by atoms with Crippen LogP contribution in [0.2, 0.25) is 0 Å². The van der Waals surface area contributed by atoms with Crippen LogP contribution >= 0.6 is 0 Å². The van der Waals surface area contributed by atoms with Crippen LogP contribution in [0.25, 0.3) is 0 Å². The summed E-state index contributed by atoms with van der Waals surface area (Å²) < 4.78 is 51.0. The molecule has 0 spiro atoms. The molecule has 1 aliphatic heterocycles. The average molecular weight is 292 g/mol. The Labute approximate surface area is 112 Å². The fourth-order valence-corrected chi connectivity index (χ4v) is 2.21. The van der Waals surface area contributed by atoms with E-state index in [1.807, 2.05) is 0 Å². The molecule has 1 fully saturated rings. The Bertz CT molecular complexity index is 519. The number of nitrogens with zero attached hydrogens (tertiary/aromatic N) is 1. The number of amides is 1. The SMILES string of the molecule is O=C(O)N[C@@H]1CCN(c2ccc(F)c(C(F)(F)F)c2)C1. The summed E-state index contributed by atoms with van der Waals surface area (Å²) in [5, 5.41) is 10.9. The van der Waals surface area contributed by atoms with Crippen LogP contribution in [-0.2, 0) is 6.18 Å². The molecule has 110 valence electrons. The number of carbonyl (C=O) groups is 1. The maximum absolute atomic E-state index is 13.2. The molecule has 1 aromatic carbocycles. The number of anilines is 1. The Morgan fingerprint density at radius 1 is 1.40 bits per heavy atom. The molecule has 1 saturated heterocycles. The van der Waals surface area contributed by atoms with Gasteiger partial charge in [0.05, 0.1) is 11.6 Å². The fraction of sp³-hybridized carbons (Fsp3) is 0.417. The summed E-state index contributed by atoms with van der Waals surface area (Å²) in [7, 11) is 0. The second-order valence-electron chi connectivity index (χ2n) is 4.54. The summed E-state index contributed by atoms with van der Waals surface area (Å²) in [6, 6.07) is 2.44. The zero-order valence-electron chi connectivity index (χ0n) is 10.2. The summed E-state index contributed by atoms with van der Waals surface area (Å²) >= 11 is 0. The predicted molar refractivity (Wildman–Crippen MR) is 63.2 cm³/mol. The van der Waals surface area contributed by atoms with Crippen molar-refractivity contribution in [2.75, 3.05) is 18.0 Å². The van der Waals surface area contributed by atoms with E-state index in [9.17, 15) is 22.4 Å². The molecule has 8 heteroatoms. The Kier molecular flexibility index (Phi) is 3.74. The topological polar surface area (TPSA) is 52.6 Å². The number of benzene rings is 1. The third-order valence-electron chi connectivity index (χ3n) is 3.14. The molecule has 0 unspecified atom stereocenters. The van der Waals surface area contributed by atoms with Crippen LogP contribution in [0.1, 0.15) is 12.0 Å². The molecule has 2 N–H and O–H groups in total. The van der Waals surface area contributed by atoms with Gasteiger partial charge in [-0.3, -0.25) is 0 Å². The maximum atomic E-state index is 13.2. The number of alkyl halides is 3. The van der Waals surface area contributed by atoms with Gasteiger partial charge in [-0.05, 0) is 24.6 Å². The molecule has 1 aliphatic rings. The van der Waals surface area contributed by atoms with Crippen LogP contribution in [0.3, 0.4) is 0 Å². The molecule has 0 saturated carbocycles. The Balaban J connectivity index is 2.17. The van der Waals surface area contributed by atoms with Crippen molar-refractivity contribution >= 4 is 11.8 Å². The van der Waals surface area contributed by atoms with Crippen molar-refractivity contribution in [3.8, 4) is 0 Å². The number of rotatable bonds is 2. The Hall–Kier alpha value is -1.99. The largest absolute Gasteiger partial charge is 0.465 e. The molecule has 4 nitrogen and oxygen atoms in total. The molecule has 0 aromatic heterocycles. The van der Waals surface area contributed by atoms with E-state index in [2.05, 4.69) is 5.32 Å². The zero-order chi connectivity index (χ0) is 14.9. The van der Waals surface area contributed by atoms with Gasteiger partial charge in [-0.25, -0.2) is 9.18 Å². The van der Waals surface area contributed by atoms with Gasteiger partial charge in [0, 0.05) is 18.8 Å². The van der Waals surface area contributed by atoms with Gasteiger partial charge in [0.1, 0.15) is 5.82 Å². The van der Waals surface area contributed by atoms with Gasteiger partial charge in [-0.1, -0.05) is 0 Å². The van der Waals surface area contributed by atoms with E-state index in [1.165, 1.54) is 6.07 Å². The summed E-state index contributed by atoms with van der Waals surface area (Å²) in [6.45, 7) is 0.670. The minimum Gasteiger partial charge on any atom is -0.465 e. The van der Waals surface area contributed by atoms with Gasteiger partial charge in [-0.2, -0.15) is 13.2 Å². The Morgan fingerprint density at radius 2 is 2.10 bits per heavy atom. The third kappa shape index (κ3) is 3.12. The third-order valence-corrected chi connectivity index (χ3v) is 3.14. The molecule has 1 atom stereocenters. The van der Waals surface area contributed by atoms with E-state index in [1.54, 1.807) is 4.90 Å². The maximum Gasteiger partial charge on any atom is 0.419 e. The molecule has 20 heavy (non-hydrogen) atoms. The quantitative estimate of drug-likeness (QED) is 0.824. The first-order valence-electron chi connectivity index (χ1n) is 5.88. The van der Waals surface area contributed by atoms with E-state index < -0.39 is 23.7 Å². The van der Waals surface area contributed by atoms with Crippen molar-refractivity contribution in [2.24, 2.45) is 0 Å². The lowest BCUT2D eigenvalue weighted by Gasteiger charge is -2.20. The number of hydrogen-bond acceptors (Lipinski definition) is 2. The van der Waals surface area contributed by atoms with Crippen molar-refractivity contribution in [3.63, 3.8) is 0 Å². The van der Waals surface area contributed by atoms with Crippen LogP contribution < -0.4 is 10.2 Å². The van der Waals surface area contributed by atoms with Crippen LogP contribution in [-0.4, -0.2) is 30.3 Å². The second-order valence-corrected chi connectivity index (χ2v) is 4.54. The predicted octanol–water partition coefficient (Wildman–Crippen LogP) is 2.69. The van der Waals surface area contributed by atoms with Crippen molar-refractivity contribution in [2.45, 2.75) is 18.6 Å². The number of carboxylic acid groups (broad SMARTS) is 1. The lowest BCUT2D eigenvalue weighted by Crippen LogP contribution is -2.36. The molecular weight excluding hydrogens is 280 g/mol. The molecule has 1 heterocycles. The van der Waals surface area contributed by atoms with Gasteiger partial charge >= 0.3 is 12.3 Å². The van der Waals surface area contributed by atoms with Gasteiger partial charge < -0.3 is 15.3 Å². The van der Waals surface area contributed by atoms with E-state index in [-0.39, 0.29) is 18.3 Å². The minimum atomic E-state index is -4.75. The number of halogens is 4. The van der Waals surface area contributed by atoms with E-state index in [0.717, 1.165) is 12.1 Å². The molecule has 0 bridgehead atoms. The molecule has 1 amide bonds. The van der Waals surface area contributed by atoms with Crippen molar-refractivity contribution in [1.82, 2.24) is 5.32 Å². The van der Waals surface area contributed by atoms with Crippen LogP contribution in [0.5, 0.6) is 0 Å². The Morgan fingerprint density at radius 3 is 2.70 bits per heavy atom. The zero-order valence-corrected chi connectivity index (χ0v) is 10.2. The number of hydrogen-bond donors (Lipinski definition) is 2. The molecule has 2 rings (SSSR count). The van der Waals surface area contributed by atoms with E-state index in [0.29, 0.717) is 13.0 Å². The molecule has 1 aromatic rings. The fourth-order valence-electron chi connectivity index (χ4n) is 2.21. The summed E-state index contributed by atoms with van der Waals surface area (Å²) in [6.07, 6.45) is -5.43. The van der Waals surface area contributed by atoms with Gasteiger partial charge in [-0.15, -0.1) is 0 Å². The highest BCUT2D eigenvalue weighted by molar-refractivity contribution is 5.65. The van der Waals surface area contributed by atoms with Crippen molar-refractivity contribution < 1.29 is 27.5 Å². The molecular formula is C12H12F4N2O2. The lowest BCUT2D eigenvalue weighted by atomic mass is 10.1. The normalized spacial score (nSPS) is 19.2. The highest BCUT2D eigenvalue weighted by atomic mass is 19.4. The second kappa shape index (κ2) is 5.18. The average Bonchev–Trinajstić information content (AvgIpc) is 2.75. The highest BCUT2D eigenvalue weighted by Crippen LogP contribution is 2.34. The van der Waals surface area contributed by atoms with E-state index >= 15 is 0 Å². The minimum absolute atomic E-state index is 0.230. The molecule has 0 aliphatic carbocycles. The van der Waals surface area contributed by atoms with Gasteiger partial charge in [0.15, 0.2) is 0 Å². The van der Waals surface area contributed by atoms with Crippen molar-refractivity contribution in [1.29, 1.82) is 0 Å². The summed E-state index contributed by atoms with van der Waals surface area (Å²) in [4.78, 5) is 12.1. The summed E-state index contributed by atoms with van der Waals surface area (Å²) in [5.74, 6) is -1.32. The monoisotopic (exact) mass is 292 g/mol. The van der Waals surface area contributed by atoms with Crippen molar-refractivity contribution in [3.05, 3.63) is 29.6 Å². The van der Waals surface area contributed by atoms with Gasteiger partial charge in [0.25, 0.3) is 0 Å². The van der Waals surface area contributed by atoms with Crippen LogP contribution in [0.15, 0.2) is 18.2 Å². The first-order valence-corrected chi connectivity index (χ1v) is 5.88. The molecule has 0 radical (unpaired) electrons. The summed E-state index contributed by atoms with van der Waals surface area (Å²) in [5.41, 5.74) is -1.09. The number of nitrogens with one attached hydrogen (secondary N) is 1. The first-order chi connectivity index (χ1) is 9.27. The van der Waals surface area contributed by atoms with E-state index in [4.69, 9.17) is 5.11 Å². The first kappa shape index (κ1) is 14.4. The lowest BCUT2D eigenvalue weighted by molar-refractivity contribution is -0.139. The standard InChI is InChI=1S/C12H12F4N2O2/c13-10-2-1-8(5-9(10)12(14,15)16)18-4-3-7(6-18)17-11(19)20/h1-2,5,7,17H,3-4,6H2,(H,19,20)/t7-/m1/s1. The van der Waals surface area contributed by atoms with Crippen LogP contribution in [0.4, 0.5) is 28.0 Å². The van der Waals surface area contributed by atoms with Crippen LogP contribution in [0, 0.1) is 5.82 Å². The van der Waals surface area contributed by atoms with Gasteiger partial charge in [0.2, 0.25) is 0 Å². The smallest absolute Gasteiger partial charge is 0.419 e. The highest BCUT2D eigenvalue weighted by Gasteiger charge is 2.35.